The number of rotatable bonds is 7. The molecule has 1 aromatic rings. The lowest BCUT2D eigenvalue weighted by molar-refractivity contribution is -0.142. The molecule has 0 aliphatic carbocycles. The second kappa shape index (κ2) is 8.25. The van der Waals surface area contributed by atoms with E-state index in [-0.39, 0.29) is 19.8 Å². The van der Waals surface area contributed by atoms with Crippen molar-refractivity contribution in [2.75, 3.05) is 19.8 Å². The first kappa shape index (κ1) is 20.5. The Balaban J connectivity index is 2.45. The van der Waals surface area contributed by atoms with E-state index in [0.717, 1.165) is 5.56 Å². The highest BCUT2D eigenvalue weighted by molar-refractivity contribution is 7.74. The van der Waals surface area contributed by atoms with E-state index in [9.17, 15) is 14.9 Å². The normalized spacial score (nSPS) is 19.2. The third kappa shape index (κ3) is 3.95. The van der Waals surface area contributed by atoms with Gasteiger partial charge in [-0.25, -0.2) is 4.57 Å². The van der Waals surface area contributed by atoms with Crippen molar-refractivity contribution < 1.29 is 27.9 Å². The van der Waals surface area contributed by atoms with Gasteiger partial charge in [-0.2, -0.15) is 4.79 Å². The maximum Gasteiger partial charge on any atom is 0.465 e. The van der Waals surface area contributed by atoms with Crippen LogP contribution in [0.15, 0.2) is 30.3 Å². The molecule has 1 fully saturated rings. The number of ether oxygens (including phenoxy) is 1. The van der Waals surface area contributed by atoms with Crippen molar-refractivity contribution in [3.63, 3.8) is 0 Å². The lowest BCUT2D eigenvalue weighted by atomic mass is 10.1. The fourth-order valence-electron chi connectivity index (χ4n) is 2.93. The second-order valence-electron chi connectivity index (χ2n) is 6.12. The molecule has 0 aromatic heterocycles. The molecule has 0 N–H and O–H groups in total. The molecule has 1 aromatic carbocycles. The lowest BCUT2D eigenvalue weighted by Crippen LogP contribution is -2.48. The number of nitrogens with zero attached hydrogens (tertiary/aromatic N) is 3. The van der Waals surface area contributed by atoms with Crippen LogP contribution in [0, 0.1) is 0 Å². The molecule has 26 heavy (non-hydrogen) atoms. The minimum Gasteiger partial charge on any atom is -0.360 e. The van der Waals surface area contributed by atoms with E-state index >= 15 is 0 Å². The van der Waals surface area contributed by atoms with Crippen LogP contribution in [0.4, 0.5) is 0 Å². The second-order valence-corrected chi connectivity index (χ2v) is 8.05. The molecule has 1 heterocycles. The topological polar surface area (TPSA) is 101 Å². The number of hydrogen-bond donors (Lipinski definition) is 0. The van der Waals surface area contributed by atoms with Crippen molar-refractivity contribution in [1.29, 1.82) is 0 Å². The molecule has 9 heteroatoms. The summed E-state index contributed by atoms with van der Waals surface area (Å²) in [5.74, 6) is -0.755. The Labute approximate surface area is 153 Å². The summed E-state index contributed by atoms with van der Waals surface area (Å²) >= 11 is 0. The van der Waals surface area contributed by atoms with Crippen LogP contribution in [0.2, 0.25) is 0 Å². The van der Waals surface area contributed by atoms with Crippen molar-refractivity contribution in [3.8, 4) is 0 Å². The summed E-state index contributed by atoms with van der Waals surface area (Å²) in [4.78, 5) is 17.6. The van der Waals surface area contributed by atoms with Gasteiger partial charge in [0.1, 0.15) is 5.72 Å². The van der Waals surface area contributed by atoms with Crippen LogP contribution in [0.5, 0.6) is 0 Å². The standard InChI is InChI=1S/C17H24N3O5P/c1-5-24-26(22,25-6-2)15(19-18)16(21)20-14(12-23-17(20,3)4)13-10-8-7-9-11-13/h7-11,14H,5-6,12H2,1-4H3. The molecule has 0 bridgehead atoms. The van der Waals surface area contributed by atoms with E-state index in [0.29, 0.717) is 0 Å². The zero-order valence-electron chi connectivity index (χ0n) is 15.4. The molecule has 142 valence electrons. The Bertz CT molecular complexity index is 736. The van der Waals surface area contributed by atoms with E-state index < -0.39 is 30.7 Å². The molecule has 1 unspecified atom stereocenters. The SMILES string of the molecule is CCOP(=O)(OCC)C(=[N+]=[N-])C(=O)N1C(c2ccccc2)COC1(C)C. The van der Waals surface area contributed by atoms with Crippen molar-refractivity contribution in [2.45, 2.75) is 39.5 Å². The Kier molecular flexibility index (Phi) is 6.50. The van der Waals surface area contributed by atoms with Gasteiger partial charge in [-0.1, -0.05) is 30.3 Å². The molecular formula is C17H24N3O5P. The molecule has 1 aliphatic heterocycles. The van der Waals surface area contributed by atoms with Crippen LogP contribution in [0.3, 0.4) is 0 Å². The van der Waals surface area contributed by atoms with E-state index in [4.69, 9.17) is 13.8 Å². The van der Waals surface area contributed by atoms with E-state index in [1.807, 2.05) is 30.3 Å². The monoisotopic (exact) mass is 381 g/mol. The average molecular weight is 381 g/mol. The smallest absolute Gasteiger partial charge is 0.360 e. The zero-order valence-corrected chi connectivity index (χ0v) is 16.3. The summed E-state index contributed by atoms with van der Waals surface area (Å²) in [5.41, 5.74) is 8.65. The molecule has 1 saturated heterocycles. The van der Waals surface area contributed by atoms with Gasteiger partial charge in [0, 0.05) is 0 Å². The summed E-state index contributed by atoms with van der Waals surface area (Å²) in [6, 6.07) is 8.90. The van der Waals surface area contributed by atoms with Crippen LogP contribution >= 0.6 is 7.60 Å². The number of hydrogen-bond acceptors (Lipinski definition) is 5. The van der Waals surface area contributed by atoms with Gasteiger partial charge in [0.05, 0.1) is 25.9 Å². The summed E-state index contributed by atoms with van der Waals surface area (Å²) in [6.45, 7) is 6.98. The van der Waals surface area contributed by atoms with Gasteiger partial charge in [0.2, 0.25) is 0 Å². The number of amides is 1. The number of benzene rings is 1. The highest BCUT2D eigenvalue weighted by Gasteiger charge is 2.54. The largest absolute Gasteiger partial charge is 0.465 e. The van der Waals surface area contributed by atoms with Crippen molar-refractivity contribution in [2.24, 2.45) is 0 Å². The summed E-state index contributed by atoms with van der Waals surface area (Å²) in [6.07, 6.45) is 0. The summed E-state index contributed by atoms with van der Waals surface area (Å²) in [5, 5.41) is 0. The molecule has 1 amide bonds. The van der Waals surface area contributed by atoms with Crippen LogP contribution < -0.4 is 0 Å². The van der Waals surface area contributed by atoms with Gasteiger partial charge in [0.15, 0.2) is 0 Å². The minimum absolute atomic E-state index is 0.0333. The van der Waals surface area contributed by atoms with Gasteiger partial charge in [-0.15, -0.1) is 0 Å². The first-order valence-corrected chi connectivity index (χ1v) is 9.99. The Morgan fingerprint density at radius 1 is 1.31 bits per heavy atom. The number of carbonyl (C=O) groups is 1. The Hall–Kier alpha value is -1.82. The summed E-state index contributed by atoms with van der Waals surface area (Å²) in [7, 11) is -4.06. The molecular weight excluding hydrogens is 357 g/mol. The predicted molar refractivity (Wildman–Crippen MR) is 95.5 cm³/mol. The van der Waals surface area contributed by atoms with E-state index in [1.54, 1.807) is 27.7 Å². The van der Waals surface area contributed by atoms with Crippen molar-refractivity contribution in [3.05, 3.63) is 41.4 Å². The summed E-state index contributed by atoms with van der Waals surface area (Å²) < 4.78 is 29.1. The fourth-order valence-corrected chi connectivity index (χ4v) is 4.38. The quantitative estimate of drug-likeness (QED) is 0.312. The van der Waals surface area contributed by atoms with Crippen molar-refractivity contribution in [1.82, 2.24) is 4.90 Å². The molecule has 1 aliphatic rings. The number of carbonyl (C=O) groups excluding carboxylic acids is 1. The first-order valence-electron chi connectivity index (χ1n) is 8.45. The van der Waals surface area contributed by atoms with Gasteiger partial charge in [-0.05, 0) is 33.3 Å². The molecule has 2 rings (SSSR count). The third-order valence-electron chi connectivity index (χ3n) is 4.03. The van der Waals surface area contributed by atoms with Gasteiger partial charge >= 0.3 is 19.0 Å². The zero-order chi connectivity index (χ0) is 19.4. The van der Waals surface area contributed by atoms with Gasteiger partial charge in [-0.3, -0.25) is 9.69 Å². The third-order valence-corrected chi connectivity index (χ3v) is 6.03. The van der Waals surface area contributed by atoms with E-state index in [2.05, 4.69) is 4.79 Å². The highest BCUT2D eigenvalue weighted by Crippen LogP contribution is 2.50. The highest BCUT2D eigenvalue weighted by atomic mass is 31.2. The van der Waals surface area contributed by atoms with Crippen LogP contribution in [-0.4, -0.2) is 46.6 Å². The van der Waals surface area contributed by atoms with E-state index in [1.165, 1.54) is 4.90 Å². The average Bonchev–Trinajstić information content (AvgIpc) is 2.91. The predicted octanol–water partition coefficient (Wildman–Crippen LogP) is 3.22. The molecule has 8 nitrogen and oxygen atoms in total. The maximum atomic E-state index is 13.2. The van der Waals surface area contributed by atoms with Gasteiger partial charge in [0.25, 0.3) is 0 Å². The molecule has 0 spiro atoms. The fraction of sp³-hybridized carbons (Fsp3) is 0.529. The maximum absolute atomic E-state index is 13.2. The van der Waals surface area contributed by atoms with Gasteiger partial charge < -0.3 is 19.3 Å². The molecule has 0 saturated carbocycles. The molecule has 0 radical (unpaired) electrons. The lowest BCUT2D eigenvalue weighted by Gasteiger charge is -2.32. The van der Waals surface area contributed by atoms with Crippen LogP contribution in [0.1, 0.15) is 39.3 Å². The first-order chi connectivity index (χ1) is 12.3. The van der Waals surface area contributed by atoms with Crippen LogP contribution in [-0.2, 0) is 23.1 Å². The van der Waals surface area contributed by atoms with Crippen LogP contribution in [0.25, 0.3) is 5.53 Å². The Morgan fingerprint density at radius 2 is 1.88 bits per heavy atom. The Morgan fingerprint density at radius 3 is 2.38 bits per heavy atom. The van der Waals surface area contributed by atoms with Crippen molar-refractivity contribution >= 4 is 19.0 Å². The molecule has 1 atom stereocenters. The minimum atomic E-state index is -4.06.